The molecule has 0 N–H and O–H groups in total. The first-order chi connectivity index (χ1) is 27.2. The standard InChI is InChI=1S/C51H36N4/c1-3-12-32(4-2)49-53-50(36-13-6-5-7-14-36)55-51(54-49)37-26-22-34(23-27-37)39-19-11-30-52-48(39)35-24-20-33(21-25-35)38-28-29-44-45(31-38)47-41-16-9-8-15-40(41)46(44)42-17-10-18-43(42)47/h3-17,19-31,46-47H,1-2,18H2/b32-12+/t46-,47?/m0/s1. The first-order valence-corrected chi connectivity index (χ1v) is 18.7. The van der Waals surface area contributed by atoms with E-state index >= 15 is 0 Å². The Balaban J connectivity index is 0.957. The summed E-state index contributed by atoms with van der Waals surface area (Å²) < 4.78 is 0. The third-order valence-corrected chi connectivity index (χ3v) is 11.2. The van der Waals surface area contributed by atoms with Crippen molar-refractivity contribution in [3.63, 3.8) is 0 Å². The van der Waals surface area contributed by atoms with Crippen LogP contribution in [0.2, 0.25) is 0 Å². The van der Waals surface area contributed by atoms with E-state index in [1.165, 1.54) is 39.0 Å². The predicted octanol–water partition coefficient (Wildman–Crippen LogP) is 12.2. The monoisotopic (exact) mass is 704 g/mol. The van der Waals surface area contributed by atoms with E-state index < -0.39 is 0 Å². The lowest BCUT2D eigenvalue weighted by atomic mass is 9.61. The van der Waals surface area contributed by atoms with Crippen LogP contribution in [0.3, 0.4) is 0 Å². The van der Waals surface area contributed by atoms with Gasteiger partial charge in [0.2, 0.25) is 0 Å². The molecule has 4 aliphatic rings. The van der Waals surface area contributed by atoms with E-state index in [1.54, 1.807) is 17.7 Å². The largest absolute Gasteiger partial charge is 0.256 e. The summed E-state index contributed by atoms with van der Waals surface area (Å²) in [7, 11) is 0. The number of hydrogen-bond acceptors (Lipinski definition) is 4. The number of aromatic nitrogens is 4. The number of allylic oxidation sites excluding steroid dienone is 8. The normalized spacial score (nSPS) is 16.4. The summed E-state index contributed by atoms with van der Waals surface area (Å²) in [5.41, 5.74) is 18.1. The van der Waals surface area contributed by atoms with Crippen LogP contribution >= 0.6 is 0 Å². The van der Waals surface area contributed by atoms with Crippen LogP contribution in [-0.4, -0.2) is 19.9 Å². The van der Waals surface area contributed by atoms with Crippen LogP contribution in [0.5, 0.6) is 0 Å². The fourth-order valence-electron chi connectivity index (χ4n) is 8.65. The zero-order chi connectivity index (χ0) is 36.9. The molecule has 0 amide bonds. The van der Waals surface area contributed by atoms with E-state index in [4.69, 9.17) is 19.9 Å². The van der Waals surface area contributed by atoms with Crippen LogP contribution in [0, 0.1) is 0 Å². The molecule has 2 atom stereocenters. The second-order valence-electron chi connectivity index (χ2n) is 14.2. The lowest BCUT2D eigenvalue weighted by Crippen LogP contribution is -2.26. The third kappa shape index (κ3) is 5.53. The maximum absolute atomic E-state index is 4.88. The van der Waals surface area contributed by atoms with Gasteiger partial charge >= 0.3 is 0 Å². The molecule has 4 aliphatic carbocycles. The van der Waals surface area contributed by atoms with Crippen molar-refractivity contribution in [2.75, 3.05) is 0 Å². The molecule has 4 heteroatoms. The fraction of sp³-hybridized carbons (Fsp3) is 0.0588. The molecule has 2 bridgehead atoms. The second-order valence-corrected chi connectivity index (χ2v) is 14.2. The van der Waals surface area contributed by atoms with Gasteiger partial charge in [-0.15, -0.1) is 0 Å². The van der Waals surface area contributed by atoms with Crippen molar-refractivity contribution in [1.29, 1.82) is 0 Å². The average molecular weight is 705 g/mol. The lowest BCUT2D eigenvalue weighted by molar-refractivity contribution is 0.739. The van der Waals surface area contributed by atoms with Gasteiger partial charge in [-0.1, -0.05) is 170 Å². The first kappa shape index (κ1) is 32.6. The molecule has 7 aromatic rings. The molecular weight excluding hydrogens is 669 g/mol. The van der Waals surface area contributed by atoms with E-state index in [0.717, 1.165) is 45.5 Å². The number of hydrogen-bond donors (Lipinski definition) is 0. The summed E-state index contributed by atoms with van der Waals surface area (Å²) in [5.74, 6) is 2.41. The summed E-state index contributed by atoms with van der Waals surface area (Å²) in [4.78, 5) is 19.4. The quantitative estimate of drug-likeness (QED) is 0.148. The highest BCUT2D eigenvalue weighted by molar-refractivity contribution is 5.83. The van der Waals surface area contributed by atoms with E-state index in [-0.39, 0.29) is 0 Å². The average Bonchev–Trinajstić information content (AvgIpc) is 3.76. The molecule has 0 saturated carbocycles. The zero-order valence-electron chi connectivity index (χ0n) is 30.2. The maximum atomic E-state index is 4.88. The zero-order valence-corrected chi connectivity index (χ0v) is 30.2. The SMILES string of the molecule is C=C/C=C(\C=C)c1nc(-c2ccccc2)nc(-c2ccc(-c3cccnc3-c3ccc(-c4ccc5c(c4)C4C6=C(C=CC6)[C@@H]5c5ccccc54)cc3)cc2)n1. The summed E-state index contributed by atoms with van der Waals surface area (Å²) >= 11 is 0. The van der Waals surface area contributed by atoms with Crippen LogP contribution < -0.4 is 0 Å². The molecular formula is C51H36N4. The van der Waals surface area contributed by atoms with E-state index in [1.807, 2.05) is 48.7 Å². The molecule has 55 heavy (non-hydrogen) atoms. The Morgan fingerprint density at radius 3 is 1.95 bits per heavy atom. The molecule has 0 spiro atoms. The van der Waals surface area contributed by atoms with Gasteiger partial charge in [0.05, 0.1) is 5.69 Å². The molecule has 5 aromatic carbocycles. The Bertz CT molecular complexity index is 2750. The molecule has 4 nitrogen and oxygen atoms in total. The Morgan fingerprint density at radius 2 is 1.20 bits per heavy atom. The number of rotatable bonds is 8. The Hall–Kier alpha value is -7.04. The van der Waals surface area contributed by atoms with Gasteiger partial charge in [0.25, 0.3) is 0 Å². The number of nitrogens with zero attached hydrogens (tertiary/aromatic N) is 4. The van der Waals surface area contributed by atoms with E-state index in [9.17, 15) is 0 Å². The summed E-state index contributed by atoms with van der Waals surface area (Å²) in [5, 5.41) is 0. The highest BCUT2D eigenvalue weighted by atomic mass is 15.0. The number of pyridine rings is 1. The lowest BCUT2D eigenvalue weighted by Gasteiger charge is -2.42. The minimum Gasteiger partial charge on any atom is -0.256 e. The first-order valence-electron chi connectivity index (χ1n) is 18.7. The minimum absolute atomic E-state index is 0.333. The minimum atomic E-state index is 0.333. The van der Waals surface area contributed by atoms with Gasteiger partial charge in [0.15, 0.2) is 17.5 Å². The van der Waals surface area contributed by atoms with Crippen LogP contribution in [0.15, 0.2) is 194 Å². The maximum Gasteiger partial charge on any atom is 0.164 e. The highest BCUT2D eigenvalue weighted by Gasteiger charge is 2.42. The van der Waals surface area contributed by atoms with Gasteiger partial charge in [-0.2, -0.15) is 0 Å². The molecule has 260 valence electrons. The Labute approximate surface area is 321 Å². The molecule has 0 aliphatic heterocycles. The van der Waals surface area contributed by atoms with Gasteiger partial charge < -0.3 is 0 Å². The summed E-state index contributed by atoms with van der Waals surface area (Å²) in [6.45, 7) is 7.83. The summed E-state index contributed by atoms with van der Waals surface area (Å²) in [6.07, 6.45) is 12.9. The van der Waals surface area contributed by atoms with Crippen LogP contribution in [-0.2, 0) is 0 Å². The molecule has 2 heterocycles. The van der Waals surface area contributed by atoms with Crippen LogP contribution in [0.1, 0.15) is 46.3 Å². The molecule has 11 rings (SSSR count). The van der Waals surface area contributed by atoms with Crippen molar-refractivity contribution >= 4 is 5.57 Å². The molecule has 1 unspecified atom stereocenters. The second kappa shape index (κ2) is 13.4. The molecule has 0 radical (unpaired) electrons. The van der Waals surface area contributed by atoms with E-state index in [0.29, 0.717) is 29.3 Å². The fourth-order valence-corrected chi connectivity index (χ4v) is 8.65. The van der Waals surface area contributed by atoms with Gasteiger partial charge in [0.1, 0.15) is 0 Å². The molecule has 2 aromatic heterocycles. The highest BCUT2D eigenvalue weighted by Crippen LogP contribution is 2.58. The van der Waals surface area contributed by atoms with Gasteiger partial charge in [0, 0.05) is 45.9 Å². The predicted molar refractivity (Wildman–Crippen MR) is 224 cm³/mol. The van der Waals surface area contributed by atoms with Gasteiger partial charge in [-0.05, 0) is 63.1 Å². The molecule has 0 saturated heterocycles. The van der Waals surface area contributed by atoms with Crippen molar-refractivity contribution in [2.24, 2.45) is 0 Å². The van der Waals surface area contributed by atoms with Crippen molar-refractivity contribution in [3.05, 3.63) is 222 Å². The molecule has 0 fully saturated rings. The topological polar surface area (TPSA) is 51.6 Å². The number of benzene rings is 5. The Morgan fingerprint density at radius 1 is 0.564 bits per heavy atom. The Kier molecular flexibility index (Phi) is 7.96. The van der Waals surface area contributed by atoms with Crippen LogP contribution in [0.25, 0.3) is 61.9 Å². The van der Waals surface area contributed by atoms with Crippen LogP contribution in [0.4, 0.5) is 0 Å². The summed E-state index contributed by atoms with van der Waals surface area (Å²) in [6, 6.07) is 47.5. The van der Waals surface area contributed by atoms with Crippen molar-refractivity contribution in [2.45, 2.75) is 18.3 Å². The van der Waals surface area contributed by atoms with Crippen molar-refractivity contribution < 1.29 is 0 Å². The third-order valence-electron chi connectivity index (χ3n) is 11.2. The van der Waals surface area contributed by atoms with Crippen molar-refractivity contribution in [3.8, 4) is 56.3 Å². The smallest absolute Gasteiger partial charge is 0.164 e. The van der Waals surface area contributed by atoms with Crippen molar-refractivity contribution in [1.82, 2.24) is 19.9 Å². The van der Waals surface area contributed by atoms with E-state index in [2.05, 4.69) is 122 Å². The van der Waals surface area contributed by atoms with Gasteiger partial charge in [-0.25, -0.2) is 15.0 Å². The van der Waals surface area contributed by atoms with Gasteiger partial charge in [-0.3, -0.25) is 4.98 Å².